The Morgan fingerprint density at radius 2 is 2.04 bits per heavy atom. The lowest BCUT2D eigenvalue weighted by Crippen LogP contribution is -2.55. The van der Waals surface area contributed by atoms with Crippen LogP contribution < -0.4 is 5.32 Å². The number of carbonyl (C=O) groups excluding carboxylic acids is 2. The Bertz CT molecular complexity index is 757. The molecule has 0 spiro atoms. The number of nitrogens with zero attached hydrogens (tertiary/aromatic N) is 3. The van der Waals surface area contributed by atoms with E-state index in [0.717, 1.165) is 0 Å². The molecule has 3 rings (SSSR count). The van der Waals surface area contributed by atoms with Gasteiger partial charge in [0.2, 0.25) is 11.9 Å². The molecule has 2 atom stereocenters. The minimum atomic E-state index is -1.16. The molecule has 1 aromatic rings. The van der Waals surface area contributed by atoms with Crippen molar-refractivity contribution in [3.8, 4) is 0 Å². The molecule has 0 bridgehead atoms. The summed E-state index contributed by atoms with van der Waals surface area (Å²) in [5.41, 5.74) is 0.448. The quantitative estimate of drug-likeness (QED) is 0.354. The molecular formula is C17H20N4O6. The van der Waals surface area contributed by atoms with Crippen molar-refractivity contribution in [1.82, 2.24) is 10.2 Å². The van der Waals surface area contributed by atoms with Crippen LogP contribution in [0.1, 0.15) is 18.5 Å². The Morgan fingerprint density at radius 3 is 2.63 bits per heavy atom. The van der Waals surface area contributed by atoms with Crippen molar-refractivity contribution in [3.63, 3.8) is 0 Å². The molecule has 144 valence electrons. The number of benzene rings is 1. The van der Waals surface area contributed by atoms with E-state index in [0.29, 0.717) is 37.8 Å². The van der Waals surface area contributed by atoms with Crippen LogP contribution in [0.3, 0.4) is 0 Å². The van der Waals surface area contributed by atoms with Crippen molar-refractivity contribution in [1.29, 1.82) is 0 Å². The van der Waals surface area contributed by atoms with Gasteiger partial charge in [0.25, 0.3) is 5.69 Å². The van der Waals surface area contributed by atoms with E-state index < -0.39 is 28.8 Å². The summed E-state index contributed by atoms with van der Waals surface area (Å²) in [5.74, 6) is -1.97. The van der Waals surface area contributed by atoms with Gasteiger partial charge in [0.1, 0.15) is 6.04 Å². The highest BCUT2D eigenvalue weighted by atomic mass is 16.6. The standard InChI is InChI=1S/C17H20N4O6/c1-2-27-16(23)13-14(11-3-5-12(6-4-11)21(24)25)18-17(19-15(13)22)20-7-9-26-10-8-20/h3-6,13-14H,2,7-10H2,1H3,(H,18,19,22)/t13-,14-/m0/s1. The highest BCUT2D eigenvalue weighted by Crippen LogP contribution is 2.32. The molecule has 0 unspecified atom stereocenters. The molecule has 2 heterocycles. The molecular weight excluding hydrogens is 356 g/mol. The van der Waals surface area contributed by atoms with E-state index >= 15 is 0 Å². The number of nitrogens with one attached hydrogen (secondary N) is 1. The van der Waals surface area contributed by atoms with Crippen LogP contribution in [-0.4, -0.2) is 60.6 Å². The van der Waals surface area contributed by atoms with E-state index in [2.05, 4.69) is 10.3 Å². The summed E-state index contributed by atoms with van der Waals surface area (Å²) in [4.78, 5) is 41.8. The van der Waals surface area contributed by atoms with E-state index in [1.165, 1.54) is 24.3 Å². The van der Waals surface area contributed by atoms with Crippen LogP contribution in [0.2, 0.25) is 0 Å². The Labute approximate surface area is 155 Å². The van der Waals surface area contributed by atoms with Crippen molar-refractivity contribution in [2.45, 2.75) is 13.0 Å². The van der Waals surface area contributed by atoms with Crippen LogP contribution in [0.4, 0.5) is 5.69 Å². The third-order valence-electron chi connectivity index (χ3n) is 4.39. The zero-order valence-corrected chi connectivity index (χ0v) is 14.8. The zero-order valence-electron chi connectivity index (χ0n) is 14.8. The predicted molar refractivity (Wildman–Crippen MR) is 93.9 cm³/mol. The number of aliphatic imine (C=N–C) groups is 1. The first-order valence-corrected chi connectivity index (χ1v) is 8.63. The Balaban J connectivity index is 1.96. The number of guanidine groups is 1. The number of hydrogen-bond donors (Lipinski definition) is 1. The number of non-ortho nitro benzene ring substituents is 1. The van der Waals surface area contributed by atoms with E-state index in [9.17, 15) is 19.7 Å². The maximum absolute atomic E-state index is 12.7. The van der Waals surface area contributed by atoms with Gasteiger partial charge in [-0.05, 0) is 12.5 Å². The van der Waals surface area contributed by atoms with Crippen molar-refractivity contribution >= 4 is 23.5 Å². The summed E-state index contributed by atoms with van der Waals surface area (Å²) in [7, 11) is 0. The molecule has 10 nitrogen and oxygen atoms in total. The minimum Gasteiger partial charge on any atom is -0.465 e. The van der Waals surface area contributed by atoms with Crippen LogP contribution in [0, 0.1) is 16.0 Å². The minimum absolute atomic E-state index is 0.0796. The van der Waals surface area contributed by atoms with Crippen LogP contribution in [-0.2, 0) is 19.1 Å². The summed E-state index contributed by atoms with van der Waals surface area (Å²) < 4.78 is 10.3. The molecule has 2 aliphatic heterocycles. The van der Waals surface area contributed by atoms with Gasteiger partial charge in [-0.2, -0.15) is 0 Å². The van der Waals surface area contributed by atoms with Gasteiger partial charge in [-0.25, -0.2) is 4.99 Å². The molecule has 2 aliphatic rings. The Hall–Kier alpha value is -3.01. The molecule has 1 N–H and O–H groups in total. The number of amides is 1. The molecule has 1 amide bonds. The summed E-state index contributed by atoms with van der Waals surface area (Å²) in [6, 6.07) is 4.85. The highest BCUT2D eigenvalue weighted by molar-refractivity contribution is 6.08. The first-order chi connectivity index (χ1) is 13.0. The second-order valence-corrected chi connectivity index (χ2v) is 6.06. The summed E-state index contributed by atoms with van der Waals surface area (Å²) in [5, 5.41) is 13.6. The average Bonchev–Trinajstić information content (AvgIpc) is 2.68. The number of ether oxygens (including phenoxy) is 2. The van der Waals surface area contributed by atoms with Gasteiger partial charge in [0.15, 0.2) is 5.92 Å². The molecule has 10 heteroatoms. The maximum Gasteiger partial charge on any atom is 0.321 e. The van der Waals surface area contributed by atoms with Crippen LogP contribution in [0.25, 0.3) is 0 Å². The number of rotatable bonds is 4. The molecule has 27 heavy (non-hydrogen) atoms. The largest absolute Gasteiger partial charge is 0.465 e. The second-order valence-electron chi connectivity index (χ2n) is 6.06. The van der Waals surface area contributed by atoms with E-state index in [-0.39, 0.29) is 12.3 Å². The lowest BCUT2D eigenvalue weighted by atomic mass is 9.91. The van der Waals surface area contributed by atoms with Crippen LogP contribution >= 0.6 is 0 Å². The monoisotopic (exact) mass is 376 g/mol. The molecule has 0 radical (unpaired) electrons. The average molecular weight is 376 g/mol. The van der Waals surface area contributed by atoms with Gasteiger partial charge < -0.3 is 14.4 Å². The van der Waals surface area contributed by atoms with Gasteiger partial charge in [-0.15, -0.1) is 0 Å². The molecule has 0 saturated carbocycles. The second kappa shape index (κ2) is 8.12. The molecule has 1 saturated heterocycles. The number of esters is 1. The Kier molecular flexibility index (Phi) is 5.65. The van der Waals surface area contributed by atoms with Crippen LogP contribution in [0.15, 0.2) is 29.3 Å². The number of carbonyl (C=O) groups is 2. The van der Waals surface area contributed by atoms with Gasteiger partial charge in [0.05, 0.1) is 24.7 Å². The fourth-order valence-corrected chi connectivity index (χ4v) is 3.03. The fourth-order valence-electron chi connectivity index (χ4n) is 3.03. The topological polar surface area (TPSA) is 123 Å². The first kappa shape index (κ1) is 18.8. The molecule has 0 aliphatic carbocycles. The lowest BCUT2D eigenvalue weighted by molar-refractivity contribution is -0.384. The maximum atomic E-state index is 12.7. The fraction of sp³-hybridized carbons (Fsp3) is 0.471. The number of nitro groups is 1. The third-order valence-corrected chi connectivity index (χ3v) is 4.39. The van der Waals surface area contributed by atoms with Gasteiger partial charge in [0, 0.05) is 25.2 Å². The third kappa shape index (κ3) is 4.05. The predicted octanol–water partition coefficient (Wildman–Crippen LogP) is 0.633. The normalized spacial score (nSPS) is 22.6. The van der Waals surface area contributed by atoms with Crippen molar-refractivity contribution in [2.75, 3.05) is 32.9 Å². The van der Waals surface area contributed by atoms with E-state index in [4.69, 9.17) is 9.47 Å². The summed E-state index contributed by atoms with van der Waals surface area (Å²) >= 11 is 0. The van der Waals surface area contributed by atoms with Crippen molar-refractivity contribution in [3.05, 3.63) is 39.9 Å². The highest BCUT2D eigenvalue weighted by Gasteiger charge is 2.42. The molecule has 0 aromatic heterocycles. The van der Waals surface area contributed by atoms with Gasteiger partial charge >= 0.3 is 5.97 Å². The summed E-state index contributed by atoms with van der Waals surface area (Å²) in [6.45, 7) is 3.95. The Morgan fingerprint density at radius 1 is 1.37 bits per heavy atom. The van der Waals surface area contributed by atoms with E-state index in [1.54, 1.807) is 6.92 Å². The van der Waals surface area contributed by atoms with E-state index in [1.807, 2.05) is 4.90 Å². The smallest absolute Gasteiger partial charge is 0.321 e. The van der Waals surface area contributed by atoms with Gasteiger partial charge in [-0.3, -0.25) is 25.0 Å². The number of nitro benzene ring substituents is 1. The van der Waals surface area contributed by atoms with Crippen molar-refractivity contribution in [2.24, 2.45) is 10.9 Å². The first-order valence-electron chi connectivity index (χ1n) is 8.63. The number of hydrogen-bond acceptors (Lipinski definition) is 8. The molecule has 1 aromatic carbocycles. The lowest BCUT2D eigenvalue weighted by Gasteiger charge is -2.35. The summed E-state index contributed by atoms with van der Waals surface area (Å²) in [6.07, 6.45) is 0. The zero-order chi connectivity index (χ0) is 19.4. The SMILES string of the molecule is CCOC(=O)[C@@H]1C(=O)NC(N2CCOCC2)=N[C@H]1c1ccc([N+](=O)[O-])cc1. The van der Waals surface area contributed by atoms with Crippen molar-refractivity contribution < 1.29 is 24.0 Å². The molecule has 1 fully saturated rings. The van der Waals surface area contributed by atoms with Gasteiger partial charge in [-0.1, -0.05) is 12.1 Å². The van der Waals surface area contributed by atoms with Crippen LogP contribution in [0.5, 0.6) is 0 Å². The number of morpholine rings is 1.